The Hall–Kier alpha value is -1.89. The number of hydrogen-bond acceptors (Lipinski definition) is 4. The lowest BCUT2D eigenvalue weighted by molar-refractivity contribution is 0.0736. The van der Waals surface area contributed by atoms with Crippen molar-refractivity contribution in [3.63, 3.8) is 0 Å². The topological polar surface area (TPSA) is 58.6 Å². The van der Waals surface area contributed by atoms with E-state index in [-0.39, 0.29) is 17.9 Å². The van der Waals surface area contributed by atoms with Gasteiger partial charge in [0.1, 0.15) is 0 Å². The lowest BCUT2D eigenvalue weighted by Gasteiger charge is -2.27. The van der Waals surface area contributed by atoms with Crippen molar-refractivity contribution in [2.45, 2.75) is 31.9 Å². The first-order valence-corrected chi connectivity index (χ1v) is 10.4. The van der Waals surface area contributed by atoms with E-state index >= 15 is 0 Å². The zero-order chi connectivity index (χ0) is 18.8. The molecule has 1 aromatic carbocycles. The second kappa shape index (κ2) is 8.00. The standard InChI is InChI=1S/C20H21ClN2O3S/c21-15-5-3-13(4-6-15)20(25)23-8-7-17-14(12-23)10-18(27-17)19(24)22-11-16-2-1-9-26-16/h3-6,10,16H,1-2,7-9,11-12H2,(H,22,24). The molecule has 27 heavy (non-hydrogen) atoms. The summed E-state index contributed by atoms with van der Waals surface area (Å²) in [6.45, 7) is 2.53. The fourth-order valence-corrected chi connectivity index (χ4v) is 4.70. The van der Waals surface area contributed by atoms with Crippen molar-refractivity contribution in [3.8, 4) is 0 Å². The summed E-state index contributed by atoms with van der Waals surface area (Å²) < 4.78 is 5.55. The van der Waals surface area contributed by atoms with Crippen LogP contribution in [0.3, 0.4) is 0 Å². The van der Waals surface area contributed by atoms with E-state index in [0.717, 1.165) is 31.4 Å². The minimum absolute atomic E-state index is 0.00657. The number of nitrogens with one attached hydrogen (secondary N) is 1. The van der Waals surface area contributed by atoms with Crippen LogP contribution in [0.4, 0.5) is 0 Å². The van der Waals surface area contributed by atoms with Crippen molar-refractivity contribution >= 4 is 34.8 Å². The van der Waals surface area contributed by atoms with Crippen LogP contribution >= 0.6 is 22.9 Å². The average Bonchev–Trinajstić information content (AvgIpc) is 3.35. The number of fused-ring (bicyclic) bond motifs is 1. The molecule has 2 aromatic rings. The van der Waals surface area contributed by atoms with Crippen molar-refractivity contribution in [1.29, 1.82) is 0 Å². The van der Waals surface area contributed by atoms with Crippen molar-refractivity contribution < 1.29 is 14.3 Å². The Balaban J connectivity index is 1.40. The van der Waals surface area contributed by atoms with Gasteiger partial charge >= 0.3 is 0 Å². The average molecular weight is 405 g/mol. The first kappa shape index (κ1) is 18.5. The summed E-state index contributed by atoms with van der Waals surface area (Å²) in [5.74, 6) is -0.0617. The lowest BCUT2D eigenvalue weighted by atomic mass is 10.1. The highest BCUT2D eigenvalue weighted by molar-refractivity contribution is 7.14. The third-order valence-corrected chi connectivity index (χ3v) is 6.47. The van der Waals surface area contributed by atoms with Gasteiger partial charge in [0.05, 0.1) is 11.0 Å². The summed E-state index contributed by atoms with van der Waals surface area (Å²) in [4.78, 5) is 28.9. The fourth-order valence-electron chi connectivity index (χ4n) is 3.49. The van der Waals surface area contributed by atoms with Gasteiger partial charge in [0.15, 0.2) is 0 Å². The van der Waals surface area contributed by atoms with Gasteiger partial charge in [0, 0.05) is 41.7 Å². The molecule has 5 nitrogen and oxygen atoms in total. The zero-order valence-electron chi connectivity index (χ0n) is 14.9. The first-order valence-electron chi connectivity index (χ1n) is 9.16. The molecule has 4 rings (SSSR count). The Bertz CT molecular complexity index is 843. The second-order valence-electron chi connectivity index (χ2n) is 6.89. The minimum atomic E-state index is -0.0551. The molecule has 0 aliphatic carbocycles. The number of halogens is 1. The highest BCUT2D eigenvalue weighted by Crippen LogP contribution is 2.29. The fraction of sp³-hybridized carbons (Fsp3) is 0.400. The molecule has 1 N–H and O–H groups in total. The monoisotopic (exact) mass is 404 g/mol. The van der Waals surface area contributed by atoms with Crippen LogP contribution in [0.25, 0.3) is 0 Å². The largest absolute Gasteiger partial charge is 0.376 e. The van der Waals surface area contributed by atoms with Gasteiger partial charge in [-0.1, -0.05) is 11.6 Å². The molecule has 3 heterocycles. The molecule has 7 heteroatoms. The summed E-state index contributed by atoms with van der Waals surface area (Å²) in [6, 6.07) is 8.87. The predicted octanol–water partition coefficient (Wildman–Crippen LogP) is 3.51. The van der Waals surface area contributed by atoms with E-state index in [1.165, 1.54) is 16.2 Å². The maximum atomic E-state index is 12.7. The molecule has 1 aromatic heterocycles. The lowest BCUT2D eigenvalue weighted by Crippen LogP contribution is -2.35. The molecular weight excluding hydrogens is 384 g/mol. The predicted molar refractivity (Wildman–Crippen MR) is 106 cm³/mol. The van der Waals surface area contributed by atoms with Crippen LogP contribution in [0, 0.1) is 0 Å². The van der Waals surface area contributed by atoms with Crippen LogP contribution in [-0.4, -0.2) is 42.5 Å². The van der Waals surface area contributed by atoms with Crippen molar-refractivity contribution in [2.24, 2.45) is 0 Å². The number of carbonyl (C=O) groups is 2. The number of nitrogens with zero attached hydrogens (tertiary/aromatic N) is 1. The smallest absolute Gasteiger partial charge is 0.261 e. The van der Waals surface area contributed by atoms with E-state index in [1.807, 2.05) is 11.0 Å². The summed E-state index contributed by atoms with van der Waals surface area (Å²) in [7, 11) is 0. The van der Waals surface area contributed by atoms with Crippen LogP contribution < -0.4 is 5.32 Å². The van der Waals surface area contributed by atoms with E-state index in [1.54, 1.807) is 24.3 Å². The van der Waals surface area contributed by atoms with Crippen LogP contribution in [0.5, 0.6) is 0 Å². The number of rotatable bonds is 4. The minimum Gasteiger partial charge on any atom is -0.376 e. The van der Waals surface area contributed by atoms with Crippen molar-refractivity contribution in [1.82, 2.24) is 10.2 Å². The Kier molecular flexibility index (Phi) is 5.48. The first-order chi connectivity index (χ1) is 13.1. The number of carbonyl (C=O) groups excluding carboxylic acids is 2. The molecule has 0 saturated carbocycles. The SMILES string of the molecule is O=C(NCC1CCCO1)c1cc2c(s1)CCN(C(=O)c1ccc(Cl)cc1)C2. The molecule has 142 valence electrons. The third kappa shape index (κ3) is 4.18. The Morgan fingerprint density at radius 3 is 2.85 bits per heavy atom. The molecule has 2 aliphatic heterocycles. The molecule has 0 spiro atoms. The summed E-state index contributed by atoms with van der Waals surface area (Å²) in [5.41, 5.74) is 1.70. The number of ether oxygens (including phenoxy) is 1. The number of amides is 2. The highest BCUT2D eigenvalue weighted by Gasteiger charge is 2.25. The van der Waals surface area contributed by atoms with Crippen LogP contribution in [0.15, 0.2) is 30.3 Å². The van der Waals surface area contributed by atoms with E-state index in [4.69, 9.17) is 16.3 Å². The third-order valence-electron chi connectivity index (χ3n) is 4.98. The molecule has 1 fully saturated rings. The maximum Gasteiger partial charge on any atom is 0.261 e. The van der Waals surface area contributed by atoms with Crippen molar-refractivity contribution in [2.75, 3.05) is 19.7 Å². The number of benzene rings is 1. The molecule has 1 atom stereocenters. The van der Waals surface area contributed by atoms with Gasteiger partial charge in [0.2, 0.25) is 0 Å². The Morgan fingerprint density at radius 2 is 2.11 bits per heavy atom. The van der Waals surface area contributed by atoms with Gasteiger partial charge in [-0.15, -0.1) is 11.3 Å². The van der Waals surface area contributed by atoms with Gasteiger partial charge in [-0.25, -0.2) is 0 Å². The normalized spacial score (nSPS) is 19.0. The van der Waals surface area contributed by atoms with E-state index in [2.05, 4.69) is 5.32 Å². The highest BCUT2D eigenvalue weighted by atomic mass is 35.5. The molecule has 1 saturated heterocycles. The van der Waals surface area contributed by atoms with Gasteiger partial charge in [-0.05, 0) is 55.2 Å². The van der Waals surface area contributed by atoms with Gasteiger partial charge in [-0.3, -0.25) is 9.59 Å². The maximum absolute atomic E-state index is 12.7. The number of thiophene rings is 1. The molecule has 0 radical (unpaired) electrons. The Morgan fingerprint density at radius 1 is 1.30 bits per heavy atom. The van der Waals surface area contributed by atoms with Gasteiger partial charge < -0.3 is 15.0 Å². The summed E-state index contributed by atoms with van der Waals surface area (Å²) in [5, 5.41) is 3.58. The van der Waals surface area contributed by atoms with Crippen molar-refractivity contribution in [3.05, 3.63) is 56.2 Å². The molecule has 2 aliphatic rings. The summed E-state index contributed by atoms with van der Waals surface area (Å²) in [6.07, 6.45) is 2.98. The zero-order valence-corrected chi connectivity index (χ0v) is 16.4. The van der Waals surface area contributed by atoms with E-state index in [9.17, 15) is 9.59 Å². The Labute approximate surface area is 167 Å². The number of hydrogen-bond donors (Lipinski definition) is 1. The summed E-state index contributed by atoms with van der Waals surface area (Å²) >= 11 is 7.43. The quantitative estimate of drug-likeness (QED) is 0.848. The molecular formula is C20H21ClN2O3S. The van der Waals surface area contributed by atoms with Crippen LogP contribution in [-0.2, 0) is 17.7 Å². The molecule has 0 bridgehead atoms. The molecule has 2 amide bonds. The second-order valence-corrected chi connectivity index (χ2v) is 8.46. The van der Waals surface area contributed by atoms with Gasteiger partial charge in [0.25, 0.3) is 11.8 Å². The van der Waals surface area contributed by atoms with Gasteiger partial charge in [-0.2, -0.15) is 0 Å². The van der Waals surface area contributed by atoms with Crippen LogP contribution in [0.1, 0.15) is 43.3 Å². The van der Waals surface area contributed by atoms with Crippen LogP contribution in [0.2, 0.25) is 5.02 Å². The van der Waals surface area contributed by atoms with E-state index < -0.39 is 0 Å². The molecule has 1 unspecified atom stereocenters. The van der Waals surface area contributed by atoms with E-state index in [0.29, 0.717) is 35.1 Å².